The Morgan fingerprint density at radius 2 is 2.36 bits per heavy atom. The summed E-state index contributed by atoms with van der Waals surface area (Å²) in [4.78, 5) is 4.68. The number of nitrogens with zero attached hydrogens (tertiary/aromatic N) is 1. The molecule has 0 saturated heterocycles. The normalized spacial score (nSPS) is 22.6. The number of rotatable bonds is 9. The van der Waals surface area contributed by atoms with Crippen LogP contribution < -0.4 is 10.6 Å². The van der Waals surface area contributed by atoms with E-state index in [1.165, 1.54) is 0 Å². The first kappa shape index (κ1) is 20.4. The number of hydrogen-bond acceptors (Lipinski definition) is 4. The number of aliphatic imine (C=N–C) groups is 1. The van der Waals surface area contributed by atoms with E-state index in [0.29, 0.717) is 11.3 Å². The Hall–Kier alpha value is -0.950. The van der Waals surface area contributed by atoms with Gasteiger partial charge >= 0.3 is 0 Å². The topological polar surface area (TPSA) is 66.6 Å². The minimum atomic E-state index is -0.697. The van der Waals surface area contributed by atoms with Crippen LogP contribution in [-0.4, -0.2) is 52.3 Å². The molecule has 0 aromatic carbocycles. The van der Waals surface area contributed by atoms with Crippen LogP contribution in [0.2, 0.25) is 0 Å². The minimum Gasteiger partial charge on any atom is -0.469 e. The fourth-order valence-electron chi connectivity index (χ4n) is 3.10. The molecule has 0 aliphatic heterocycles. The van der Waals surface area contributed by atoms with Crippen LogP contribution in [0.3, 0.4) is 0 Å². The van der Waals surface area contributed by atoms with Crippen LogP contribution in [0.15, 0.2) is 27.8 Å². The maximum Gasteiger partial charge on any atom is 0.191 e. The number of guanidine groups is 1. The number of furan rings is 1. The van der Waals surface area contributed by atoms with Crippen molar-refractivity contribution in [1.29, 1.82) is 0 Å². The van der Waals surface area contributed by atoms with E-state index in [9.17, 15) is 4.21 Å². The van der Waals surface area contributed by atoms with Crippen LogP contribution in [-0.2, 0) is 17.2 Å². The zero-order valence-electron chi connectivity index (χ0n) is 15.3. The molecule has 1 aromatic rings. The van der Waals surface area contributed by atoms with E-state index in [0.717, 1.165) is 68.4 Å². The van der Waals surface area contributed by atoms with Gasteiger partial charge in [0.15, 0.2) is 5.96 Å². The smallest absolute Gasteiger partial charge is 0.191 e. The minimum absolute atomic E-state index is 0.326. The molecule has 2 rings (SSSR count). The van der Waals surface area contributed by atoms with Gasteiger partial charge in [-0.25, -0.2) is 0 Å². The predicted octanol–water partition coefficient (Wildman–Crippen LogP) is 2.80. The molecular formula is C18H31N3O2S2. The van der Waals surface area contributed by atoms with Gasteiger partial charge in [-0.05, 0) is 37.7 Å². The quantitative estimate of drug-likeness (QED) is 0.389. The molecule has 0 radical (unpaired) electrons. The van der Waals surface area contributed by atoms with Gasteiger partial charge in [-0.1, -0.05) is 13.3 Å². The van der Waals surface area contributed by atoms with Crippen molar-refractivity contribution in [3.8, 4) is 0 Å². The fourth-order valence-corrected chi connectivity index (χ4v) is 4.73. The van der Waals surface area contributed by atoms with Crippen molar-refractivity contribution in [1.82, 2.24) is 10.6 Å². The second-order valence-corrected chi connectivity index (χ2v) is 9.27. The molecule has 1 aliphatic carbocycles. The Bertz CT molecular complexity index is 534. The molecule has 25 heavy (non-hydrogen) atoms. The van der Waals surface area contributed by atoms with Crippen molar-refractivity contribution in [2.45, 2.75) is 50.3 Å². The highest BCUT2D eigenvalue weighted by atomic mass is 32.2. The first-order valence-electron chi connectivity index (χ1n) is 9.16. The average Bonchev–Trinajstić information content (AvgIpc) is 3.14. The molecule has 1 saturated carbocycles. The van der Waals surface area contributed by atoms with Crippen LogP contribution >= 0.6 is 11.8 Å². The van der Waals surface area contributed by atoms with Crippen molar-refractivity contribution in [2.75, 3.05) is 30.9 Å². The molecule has 3 atom stereocenters. The van der Waals surface area contributed by atoms with E-state index in [2.05, 4.69) is 21.9 Å². The van der Waals surface area contributed by atoms with Gasteiger partial charge in [0.25, 0.3) is 0 Å². The molecule has 0 spiro atoms. The van der Waals surface area contributed by atoms with E-state index in [1.54, 1.807) is 18.0 Å². The molecule has 1 aliphatic rings. The molecule has 0 bridgehead atoms. The van der Waals surface area contributed by atoms with E-state index in [1.807, 2.05) is 19.1 Å². The van der Waals surface area contributed by atoms with E-state index >= 15 is 0 Å². The molecule has 5 nitrogen and oxygen atoms in total. The summed E-state index contributed by atoms with van der Waals surface area (Å²) in [5.74, 6) is 3.62. The molecule has 3 unspecified atom stereocenters. The van der Waals surface area contributed by atoms with E-state index < -0.39 is 10.8 Å². The molecule has 0 amide bonds. The standard InChI is InChI=1S/C18H31N3O2S2/c1-3-25(22)17-8-4-6-15(14-17)21-18(20-11-13-24-2)19-10-9-16-7-5-12-23-16/h5,7,12,15,17H,3-4,6,8-11,13-14H2,1-2H3,(H2,19,20,21). The summed E-state index contributed by atoms with van der Waals surface area (Å²) in [6.07, 6.45) is 8.96. The lowest BCUT2D eigenvalue weighted by atomic mass is 9.95. The first-order valence-corrected chi connectivity index (χ1v) is 11.9. The monoisotopic (exact) mass is 385 g/mol. The third-order valence-electron chi connectivity index (χ3n) is 4.43. The zero-order valence-corrected chi connectivity index (χ0v) is 17.0. The van der Waals surface area contributed by atoms with Gasteiger partial charge in [0, 0.05) is 46.6 Å². The molecule has 2 N–H and O–H groups in total. The summed E-state index contributed by atoms with van der Waals surface area (Å²) in [5.41, 5.74) is 0. The van der Waals surface area contributed by atoms with Gasteiger partial charge in [0.05, 0.1) is 12.8 Å². The van der Waals surface area contributed by atoms with E-state index in [-0.39, 0.29) is 0 Å². The first-order chi connectivity index (χ1) is 12.2. The zero-order chi connectivity index (χ0) is 17.9. The second-order valence-electron chi connectivity index (χ2n) is 6.28. The average molecular weight is 386 g/mol. The fraction of sp³-hybridized carbons (Fsp3) is 0.722. The van der Waals surface area contributed by atoms with Crippen molar-refractivity contribution in [2.24, 2.45) is 4.99 Å². The predicted molar refractivity (Wildman–Crippen MR) is 109 cm³/mol. The summed E-state index contributed by atoms with van der Waals surface area (Å²) in [6.45, 7) is 3.60. The lowest BCUT2D eigenvalue weighted by molar-refractivity contribution is 0.413. The highest BCUT2D eigenvalue weighted by Gasteiger charge is 2.26. The Balaban J connectivity index is 1.85. The van der Waals surface area contributed by atoms with Gasteiger partial charge in [0.1, 0.15) is 5.76 Å². The van der Waals surface area contributed by atoms with Gasteiger partial charge in [0.2, 0.25) is 0 Å². The Kier molecular flexibility index (Phi) is 9.47. The Morgan fingerprint density at radius 3 is 3.08 bits per heavy atom. The number of hydrogen-bond donors (Lipinski definition) is 2. The van der Waals surface area contributed by atoms with Crippen LogP contribution in [0.1, 0.15) is 38.4 Å². The lowest BCUT2D eigenvalue weighted by Gasteiger charge is -2.30. The van der Waals surface area contributed by atoms with E-state index in [4.69, 9.17) is 4.42 Å². The third kappa shape index (κ3) is 7.44. The number of nitrogens with one attached hydrogen (secondary N) is 2. The Labute approximate surface area is 158 Å². The molecule has 1 fully saturated rings. The second kappa shape index (κ2) is 11.6. The molecule has 142 valence electrons. The SMILES string of the molecule is CCS(=O)C1CCCC(NC(=NCCSC)NCCc2ccco2)C1. The highest BCUT2D eigenvalue weighted by Crippen LogP contribution is 2.23. The van der Waals surface area contributed by atoms with Gasteiger partial charge in [-0.2, -0.15) is 11.8 Å². The van der Waals surface area contributed by atoms with Gasteiger partial charge in [-0.15, -0.1) is 0 Å². The van der Waals surface area contributed by atoms with Crippen LogP contribution in [0.5, 0.6) is 0 Å². The Morgan fingerprint density at radius 1 is 1.48 bits per heavy atom. The van der Waals surface area contributed by atoms with Crippen LogP contribution in [0.25, 0.3) is 0 Å². The molecular weight excluding hydrogens is 354 g/mol. The summed E-state index contributed by atoms with van der Waals surface area (Å²) in [6, 6.07) is 4.26. The van der Waals surface area contributed by atoms with Crippen LogP contribution in [0.4, 0.5) is 0 Å². The third-order valence-corrected chi connectivity index (χ3v) is 6.76. The van der Waals surface area contributed by atoms with Crippen molar-refractivity contribution < 1.29 is 8.63 Å². The van der Waals surface area contributed by atoms with Crippen molar-refractivity contribution in [3.63, 3.8) is 0 Å². The van der Waals surface area contributed by atoms with Crippen LogP contribution in [0, 0.1) is 0 Å². The maximum atomic E-state index is 12.1. The maximum absolute atomic E-state index is 12.1. The van der Waals surface area contributed by atoms with Gasteiger partial charge in [-0.3, -0.25) is 9.20 Å². The summed E-state index contributed by atoms with van der Waals surface area (Å²) < 4.78 is 17.5. The van der Waals surface area contributed by atoms with Gasteiger partial charge < -0.3 is 15.1 Å². The summed E-state index contributed by atoms with van der Waals surface area (Å²) in [7, 11) is -0.697. The summed E-state index contributed by atoms with van der Waals surface area (Å²) >= 11 is 1.80. The van der Waals surface area contributed by atoms with Crippen molar-refractivity contribution in [3.05, 3.63) is 24.2 Å². The molecule has 1 heterocycles. The van der Waals surface area contributed by atoms with Crippen molar-refractivity contribution >= 4 is 28.5 Å². The molecule has 7 heteroatoms. The number of thioether (sulfide) groups is 1. The molecule has 1 aromatic heterocycles. The summed E-state index contributed by atoms with van der Waals surface area (Å²) in [5, 5.41) is 7.31. The highest BCUT2D eigenvalue weighted by molar-refractivity contribution is 7.98. The lowest BCUT2D eigenvalue weighted by Crippen LogP contribution is -2.47. The largest absolute Gasteiger partial charge is 0.469 e.